The summed E-state index contributed by atoms with van der Waals surface area (Å²) in [4.78, 5) is 31.7. The van der Waals surface area contributed by atoms with Gasteiger partial charge in [0.1, 0.15) is 12.2 Å². The van der Waals surface area contributed by atoms with Gasteiger partial charge in [0, 0.05) is 22.8 Å². The Bertz CT molecular complexity index is 909. The monoisotopic (exact) mass is 393 g/mol. The van der Waals surface area contributed by atoms with Crippen LogP contribution in [0.5, 0.6) is 0 Å². The molecule has 4 aliphatic rings. The fraction of sp³-hybridized carbons (Fsp3) is 0.583. The Labute approximate surface area is 173 Å². The molecular formula is C24H31N3O2. The lowest BCUT2D eigenvalue weighted by Gasteiger charge is -2.39. The van der Waals surface area contributed by atoms with Gasteiger partial charge in [-0.1, -0.05) is 43.5 Å². The molecule has 3 aliphatic heterocycles. The van der Waals surface area contributed by atoms with Crippen molar-refractivity contribution in [1.82, 2.24) is 9.80 Å². The summed E-state index contributed by atoms with van der Waals surface area (Å²) in [7, 11) is 0. The van der Waals surface area contributed by atoms with Gasteiger partial charge in [-0.05, 0) is 52.2 Å². The average Bonchev–Trinajstić information content (AvgIpc) is 3.23. The van der Waals surface area contributed by atoms with Crippen LogP contribution in [0.1, 0.15) is 65.4 Å². The Morgan fingerprint density at radius 3 is 2.45 bits per heavy atom. The molecule has 1 spiro atoms. The third-order valence-electron chi connectivity index (χ3n) is 7.43. The van der Waals surface area contributed by atoms with Crippen LogP contribution in [-0.2, 0) is 15.0 Å². The Morgan fingerprint density at radius 2 is 1.79 bits per heavy atom. The van der Waals surface area contributed by atoms with Gasteiger partial charge < -0.3 is 15.1 Å². The molecule has 3 fully saturated rings. The van der Waals surface area contributed by atoms with E-state index in [1.807, 2.05) is 34.9 Å². The summed E-state index contributed by atoms with van der Waals surface area (Å²) in [5, 5.41) is 3.64. The molecule has 1 N–H and O–H groups in total. The lowest BCUT2D eigenvalue weighted by atomic mass is 9.72. The molecule has 3 atom stereocenters. The Kier molecular flexibility index (Phi) is 3.94. The predicted molar refractivity (Wildman–Crippen MR) is 113 cm³/mol. The minimum Gasteiger partial charge on any atom is -0.364 e. The summed E-state index contributed by atoms with van der Waals surface area (Å²) in [5.74, 6) is 0.148. The molecule has 1 aromatic carbocycles. The van der Waals surface area contributed by atoms with Gasteiger partial charge in [0.25, 0.3) is 5.91 Å². The average molecular weight is 394 g/mol. The highest BCUT2D eigenvalue weighted by Gasteiger charge is 2.74. The molecule has 0 bridgehead atoms. The number of nitrogens with one attached hydrogen (secondary N) is 1. The third kappa shape index (κ3) is 2.22. The van der Waals surface area contributed by atoms with Crippen molar-refractivity contribution in [3.8, 4) is 0 Å². The number of carbonyl (C=O) groups is 2. The van der Waals surface area contributed by atoms with E-state index in [0.717, 1.165) is 42.5 Å². The summed E-state index contributed by atoms with van der Waals surface area (Å²) >= 11 is 0. The first kappa shape index (κ1) is 18.7. The molecule has 5 rings (SSSR count). The number of nitrogens with zero attached hydrogens (tertiary/aromatic N) is 2. The van der Waals surface area contributed by atoms with Gasteiger partial charge in [0.15, 0.2) is 0 Å². The van der Waals surface area contributed by atoms with Crippen molar-refractivity contribution in [3.63, 3.8) is 0 Å². The number of para-hydroxylation sites is 1. The molecule has 154 valence electrons. The molecule has 1 aromatic rings. The lowest BCUT2D eigenvalue weighted by Crippen LogP contribution is -2.54. The Balaban J connectivity index is 1.76. The maximum atomic E-state index is 14.0. The fourth-order valence-electron chi connectivity index (χ4n) is 6.42. The number of anilines is 1. The van der Waals surface area contributed by atoms with Crippen molar-refractivity contribution < 1.29 is 9.59 Å². The normalized spacial score (nSPS) is 33.2. The van der Waals surface area contributed by atoms with Crippen LogP contribution in [-0.4, -0.2) is 45.4 Å². The summed E-state index contributed by atoms with van der Waals surface area (Å²) in [6.45, 7) is 8.22. The van der Waals surface area contributed by atoms with Crippen LogP contribution in [0.25, 0.3) is 0 Å². The molecule has 2 amide bonds. The van der Waals surface area contributed by atoms with Crippen molar-refractivity contribution >= 4 is 17.5 Å². The molecule has 29 heavy (non-hydrogen) atoms. The van der Waals surface area contributed by atoms with E-state index in [2.05, 4.69) is 38.2 Å². The van der Waals surface area contributed by atoms with E-state index in [-0.39, 0.29) is 29.6 Å². The largest absolute Gasteiger partial charge is 0.364 e. The highest BCUT2D eigenvalue weighted by Crippen LogP contribution is 2.60. The molecule has 5 heteroatoms. The fourth-order valence-corrected chi connectivity index (χ4v) is 6.42. The van der Waals surface area contributed by atoms with Gasteiger partial charge >= 0.3 is 0 Å². The van der Waals surface area contributed by atoms with E-state index in [0.29, 0.717) is 0 Å². The molecular weight excluding hydrogens is 362 g/mol. The second-order valence-corrected chi connectivity index (χ2v) is 9.95. The number of hydrogen-bond acceptors (Lipinski definition) is 3. The van der Waals surface area contributed by atoms with Crippen LogP contribution in [0.2, 0.25) is 0 Å². The van der Waals surface area contributed by atoms with Gasteiger partial charge in [-0.3, -0.25) is 9.59 Å². The Hall–Kier alpha value is -2.30. The third-order valence-corrected chi connectivity index (χ3v) is 7.43. The van der Waals surface area contributed by atoms with Gasteiger partial charge in [-0.15, -0.1) is 0 Å². The summed E-state index contributed by atoms with van der Waals surface area (Å²) in [5.41, 5.74) is 1.95. The zero-order valence-corrected chi connectivity index (χ0v) is 17.9. The molecule has 2 saturated heterocycles. The number of fused-ring (bicyclic) bond motifs is 1. The van der Waals surface area contributed by atoms with Gasteiger partial charge in [-0.25, -0.2) is 0 Å². The predicted octanol–water partition coefficient (Wildman–Crippen LogP) is 3.81. The zero-order chi connectivity index (χ0) is 20.6. The van der Waals surface area contributed by atoms with Crippen LogP contribution >= 0.6 is 0 Å². The van der Waals surface area contributed by atoms with Crippen LogP contribution < -0.4 is 5.32 Å². The van der Waals surface area contributed by atoms with E-state index in [1.54, 1.807) is 0 Å². The van der Waals surface area contributed by atoms with Gasteiger partial charge in [0.05, 0.1) is 5.41 Å². The van der Waals surface area contributed by atoms with Crippen LogP contribution in [0.4, 0.5) is 5.69 Å². The summed E-state index contributed by atoms with van der Waals surface area (Å²) in [6, 6.07) is 7.94. The SMILES string of the molecule is C/C=C1/C(=O)N(C2CCCCC2)[C@H]2C(=O)N(C(C)(C)C)[C@@H]3Nc4ccccc4[C@]123. The molecule has 1 saturated carbocycles. The summed E-state index contributed by atoms with van der Waals surface area (Å²) < 4.78 is 0. The molecule has 1 aliphatic carbocycles. The number of rotatable bonds is 1. The van der Waals surface area contributed by atoms with Crippen molar-refractivity contribution in [3.05, 3.63) is 41.5 Å². The highest BCUT2D eigenvalue weighted by molar-refractivity contribution is 6.10. The lowest BCUT2D eigenvalue weighted by molar-refractivity contribution is -0.143. The Morgan fingerprint density at radius 1 is 1.10 bits per heavy atom. The summed E-state index contributed by atoms with van der Waals surface area (Å²) in [6.07, 6.45) is 7.22. The second-order valence-electron chi connectivity index (χ2n) is 9.95. The molecule has 0 aromatic heterocycles. The molecule has 0 unspecified atom stereocenters. The minimum atomic E-state index is -0.635. The number of allylic oxidation sites excluding steroid dienone is 1. The maximum Gasteiger partial charge on any atom is 0.251 e. The van der Waals surface area contributed by atoms with Gasteiger partial charge in [-0.2, -0.15) is 0 Å². The number of carbonyl (C=O) groups excluding carboxylic acids is 2. The topological polar surface area (TPSA) is 52.7 Å². The molecule has 0 radical (unpaired) electrons. The number of likely N-dealkylation sites (tertiary alicyclic amines) is 2. The van der Waals surface area contributed by atoms with Crippen LogP contribution in [0, 0.1) is 0 Å². The van der Waals surface area contributed by atoms with E-state index in [4.69, 9.17) is 0 Å². The van der Waals surface area contributed by atoms with Gasteiger partial charge in [0.2, 0.25) is 5.91 Å². The standard InChI is InChI=1S/C24H31N3O2/c1-5-16-20(28)26(15-11-7-6-8-12-15)19-21(29)27(23(2,3)4)22-24(16,19)17-13-9-10-14-18(17)25-22/h5,9-10,13-15,19,22,25H,6-8,11-12H2,1-4H3/b16-5-/t19-,22-,24+/m0/s1. The first-order chi connectivity index (χ1) is 13.8. The van der Waals surface area contributed by atoms with Crippen molar-refractivity contribution in [1.29, 1.82) is 0 Å². The van der Waals surface area contributed by atoms with Crippen molar-refractivity contribution in [2.75, 3.05) is 5.32 Å². The number of benzene rings is 1. The first-order valence-electron chi connectivity index (χ1n) is 11.0. The molecule has 5 nitrogen and oxygen atoms in total. The maximum absolute atomic E-state index is 14.0. The van der Waals surface area contributed by atoms with Crippen molar-refractivity contribution in [2.24, 2.45) is 0 Å². The number of hydrogen-bond donors (Lipinski definition) is 1. The number of amides is 2. The van der Waals surface area contributed by atoms with Crippen LogP contribution in [0.3, 0.4) is 0 Å². The highest BCUT2D eigenvalue weighted by atomic mass is 16.2. The van der Waals surface area contributed by atoms with Crippen molar-refractivity contribution in [2.45, 2.75) is 89.0 Å². The van der Waals surface area contributed by atoms with E-state index in [9.17, 15) is 9.59 Å². The van der Waals surface area contributed by atoms with Crippen LogP contribution in [0.15, 0.2) is 35.9 Å². The minimum absolute atomic E-state index is 0.0646. The first-order valence-corrected chi connectivity index (χ1v) is 11.0. The smallest absolute Gasteiger partial charge is 0.251 e. The molecule has 3 heterocycles. The van der Waals surface area contributed by atoms with E-state index in [1.165, 1.54) is 6.42 Å². The second kappa shape index (κ2) is 6.10. The zero-order valence-electron chi connectivity index (χ0n) is 17.9. The van der Waals surface area contributed by atoms with E-state index < -0.39 is 11.5 Å². The van der Waals surface area contributed by atoms with E-state index >= 15 is 0 Å². The quantitative estimate of drug-likeness (QED) is 0.738.